The highest BCUT2D eigenvalue weighted by molar-refractivity contribution is 7.17. The maximum Gasteiger partial charge on any atom is 0.195 e. The van der Waals surface area contributed by atoms with Gasteiger partial charge >= 0.3 is 0 Å². The number of hydrogen-bond donors (Lipinski definition) is 0. The van der Waals surface area contributed by atoms with Crippen molar-refractivity contribution in [2.24, 2.45) is 0 Å². The van der Waals surface area contributed by atoms with Gasteiger partial charge in [0.25, 0.3) is 0 Å². The molecule has 2 aromatic carbocycles. The second kappa shape index (κ2) is 5.86. The summed E-state index contributed by atoms with van der Waals surface area (Å²) in [6, 6.07) is 16.8. The molecule has 2 aromatic heterocycles. The molecule has 0 radical (unpaired) electrons. The van der Waals surface area contributed by atoms with E-state index in [0.717, 1.165) is 42.3 Å². The van der Waals surface area contributed by atoms with Crippen LogP contribution in [0.2, 0.25) is 0 Å². The fourth-order valence-corrected chi connectivity index (χ4v) is 4.89. The lowest BCUT2D eigenvalue weighted by atomic mass is 10.1. The molecule has 25 heavy (non-hydrogen) atoms. The summed E-state index contributed by atoms with van der Waals surface area (Å²) in [7, 11) is 1.71. The van der Waals surface area contributed by atoms with E-state index in [-0.39, 0.29) is 0 Å². The fraction of sp³-hybridized carbons (Fsp3) is 0.250. The van der Waals surface area contributed by atoms with Crippen LogP contribution >= 0.6 is 11.3 Å². The number of rotatable bonds is 3. The van der Waals surface area contributed by atoms with Gasteiger partial charge in [-0.15, -0.1) is 0 Å². The Kier molecular flexibility index (Phi) is 3.50. The van der Waals surface area contributed by atoms with Gasteiger partial charge in [-0.2, -0.15) is 0 Å². The van der Waals surface area contributed by atoms with Gasteiger partial charge < -0.3 is 4.74 Å². The average molecular weight is 349 g/mol. The monoisotopic (exact) mass is 349 g/mol. The van der Waals surface area contributed by atoms with E-state index in [1.54, 1.807) is 7.11 Å². The third-order valence-electron chi connectivity index (χ3n) is 4.93. The van der Waals surface area contributed by atoms with Crippen molar-refractivity contribution in [3.8, 4) is 5.75 Å². The Bertz CT molecular complexity index is 1050. The van der Waals surface area contributed by atoms with Crippen molar-refractivity contribution in [3.05, 3.63) is 64.7 Å². The van der Waals surface area contributed by atoms with Gasteiger partial charge in [0, 0.05) is 36.6 Å². The Morgan fingerprint density at radius 3 is 2.80 bits per heavy atom. The third-order valence-corrected chi connectivity index (χ3v) is 6.00. The average Bonchev–Trinajstić information content (AvgIpc) is 3.17. The molecule has 0 unspecified atom stereocenters. The predicted octanol–water partition coefficient (Wildman–Crippen LogP) is 4.12. The SMILES string of the molecule is COc1ccc(CN2CCc3c(sc4nc5ccccc5n34)C2)cc1. The van der Waals surface area contributed by atoms with Crippen molar-refractivity contribution in [2.75, 3.05) is 13.7 Å². The summed E-state index contributed by atoms with van der Waals surface area (Å²) in [4.78, 5) is 9.89. The Morgan fingerprint density at radius 1 is 1.12 bits per heavy atom. The molecule has 0 spiro atoms. The summed E-state index contributed by atoms with van der Waals surface area (Å²) >= 11 is 1.84. The molecule has 4 aromatic rings. The molecular formula is C20H19N3OS. The molecule has 3 heterocycles. The standard InChI is InChI=1S/C20H19N3OS/c1-24-15-8-6-14(7-9-15)12-22-11-10-18-19(13-22)25-20-21-16-4-2-3-5-17(16)23(18)20/h2-9H,10-13H2,1H3. The van der Waals surface area contributed by atoms with Crippen molar-refractivity contribution in [3.63, 3.8) is 0 Å². The summed E-state index contributed by atoms with van der Waals surface area (Å²) in [6.45, 7) is 3.06. The molecule has 1 aliphatic heterocycles. The van der Waals surface area contributed by atoms with Gasteiger partial charge in [0.15, 0.2) is 4.96 Å². The van der Waals surface area contributed by atoms with Crippen LogP contribution in [0.4, 0.5) is 0 Å². The first-order valence-electron chi connectivity index (χ1n) is 8.55. The minimum absolute atomic E-state index is 0.913. The third kappa shape index (κ3) is 2.51. The highest BCUT2D eigenvalue weighted by Crippen LogP contribution is 2.32. The molecule has 5 heteroatoms. The number of nitrogens with zero attached hydrogens (tertiary/aromatic N) is 3. The summed E-state index contributed by atoms with van der Waals surface area (Å²) in [5, 5.41) is 0. The number of aromatic nitrogens is 2. The zero-order valence-corrected chi connectivity index (χ0v) is 14.9. The molecule has 0 atom stereocenters. The van der Waals surface area contributed by atoms with E-state index >= 15 is 0 Å². The molecule has 0 bridgehead atoms. The molecule has 5 rings (SSSR count). The molecule has 0 amide bonds. The van der Waals surface area contributed by atoms with Gasteiger partial charge in [0.05, 0.1) is 18.1 Å². The molecule has 0 fully saturated rings. The lowest BCUT2D eigenvalue weighted by Crippen LogP contribution is -2.29. The summed E-state index contributed by atoms with van der Waals surface area (Å²) in [5.41, 5.74) is 5.10. The second-order valence-corrected chi connectivity index (χ2v) is 7.56. The van der Waals surface area contributed by atoms with Crippen LogP contribution in [-0.2, 0) is 19.5 Å². The Balaban J connectivity index is 1.43. The first-order chi connectivity index (χ1) is 12.3. The van der Waals surface area contributed by atoms with Gasteiger partial charge in [0.2, 0.25) is 0 Å². The molecule has 1 aliphatic rings. The Hall–Kier alpha value is -2.37. The first kappa shape index (κ1) is 14.9. The lowest BCUT2D eigenvalue weighted by molar-refractivity contribution is 0.246. The quantitative estimate of drug-likeness (QED) is 0.557. The molecular weight excluding hydrogens is 330 g/mol. The number of imidazole rings is 1. The van der Waals surface area contributed by atoms with Crippen molar-refractivity contribution in [2.45, 2.75) is 19.5 Å². The zero-order chi connectivity index (χ0) is 16.8. The van der Waals surface area contributed by atoms with E-state index in [2.05, 4.69) is 45.7 Å². The van der Waals surface area contributed by atoms with Gasteiger partial charge in [-0.25, -0.2) is 4.98 Å². The van der Waals surface area contributed by atoms with Crippen molar-refractivity contribution < 1.29 is 4.74 Å². The van der Waals surface area contributed by atoms with Gasteiger partial charge in [0.1, 0.15) is 5.75 Å². The van der Waals surface area contributed by atoms with Crippen LogP contribution in [0.5, 0.6) is 5.75 Å². The second-order valence-electron chi connectivity index (χ2n) is 6.50. The molecule has 0 saturated heterocycles. The maximum atomic E-state index is 5.24. The van der Waals surface area contributed by atoms with E-state index in [0.29, 0.717) is 0 Å². The summed E-state index contributed by atoms with van der Waals surface area (Å²) < 4.78 is 7.61. The number of hydrogen-bond acceptors (Lipinski definition) is 4. The number of fused-ring (bicyclic) bond motifs is 5. The van der Waals surface area contributed by atoms with Crippen LogP contribution in [0.15, 0.2) is 48.5 Å². The van der Waals surface area contributed by atoms with E-state index in [9.17, 15) is 0 Å². The maximum absolute atomic E-state index is 5.24. The molecule has 0 saturated carbocycles. The number of benzene rings is 2. The molecule has 126 valence electrons. The van der Waals surface area contributed by atoms with Gasteiger partial charge in [-0.1, -0.05) is 35.6 Å². The van der Waals surface area contributed by atoms with Crippen LogP contribution in [0, 0.1) is 0 Å². The number of para-hydroxylation sites is 2. The molecule has 0 aliphatic carbocycles. The minimum Gasteiger partial charge on any atom is -0.497 e. The molecule has 0 N–H and O–H groups in total. The Labute approximate surface area is 150 Å². The minimum atomic E-state index is 0.913. The number of thiazole rings is 1. The smallest absolute Gasteiger partial charge is 0.195 e. The van der Waals surface area contributed by atoms with Crippen molar-refractivity contribution in [1.82, 2.24) is 14.3 Å². The van der Waals surface area contributed by atoms with E-state index in [4.69, 9.17) is 9.72 Å². The van der Waals surface area contributed by atoms with Crippen LogP contribution in [-0.4, -0.2) is 27.9 Å². The fourth-order valence-electron chi connectivity index (χ4n) is 3.67. The predicted molar refractivity (Wildman–Crippen MR) is 101 cm³/mol. The zero-order valence-electron chi connectivity index (χ0n) is 14.1. The highest BCUT2D eigenvalue weighted by Gasteiger charge is 2.23. The van der Waals surface area contributed by atoms with Crippen LogP contribution < -0.4 is 4.74 Å². The van der Waals surface area contributed by atoms with Crippen LogP contribution in [0.3, 0.4) is 0 Å². The largest absolute Gasteiger partial charge is 0.497 e. The topological polar surface area (TPSA) is 29.8 Å². The lowest BCUT2D eigenvalue weighted by Gasteiger charge is -2.26. The van der Waals surface area contributed by atoms with E-state index < -0.39 is 0 Å². The van der Waals surface area contributed by atoms with Gasteiger partial charge in [-0.3, -0.25) is 9.30 Å². The summed E-state index contributed by atoms with van der Waals surface area (Å²) in [5.74, 6) is 0.913. The van der Waals surface area contributed by atoms with Crippen LogP contribution in [0.1, 0.15) is 16.1 Å². The van der Waals surface area contributed by atoms with Crippen molar-refractivity contribution in [1.29, 1.82) is 0 Å². The highest BCUT2D eigenvalue weighted by atomic mass is 32.1. The summed E-state index contributed by atoms with van der Waals surface area (Å²) in [6.07, 6.45) is 1.08. The molecule has 4 nitrogen and oxygen atoms in total. The number of ether oxygens (including phenoxy) is 1. The van der Waals surface area contributed by atoms with E-state index in [1.165, 1.54) is 21.7 Å². The van der Waals surface area contributed by atoms with Crippen LogP contribution in [0.25, 0.3) is 16.0 Å². The Morgan fingerprint density at radius 2 is 1.96 bits per heavy atom. The van der Waals surface area contributed by atoms with E-state index in [1.807, 2.05) is 23.5 Å². The first-order valence-corrected chi connectivity index (χ1v) is 9.36. The number of methoxy groups -OCH3 is 1. The van der Waals surface area contributed by atoms with Gasteiger partial charge in [-0.05, 0) is 29.8 Å². The van der Waals surface area contributed by atoms with Crippen molar-refractivity contribution >= 4 is 27.3 Å². The normalized spacial score (nSPS) is 14.9.